The second-order valence-corrected chi connectivity index (χ2v) is 3.98. The molecule has 0 aliphatic heterocycles. The van der Waals surface area contributed by atoms with Gasteiger partial charge in [0, 0.05) is 13.2 Å². The van der Waals surface area contributed by atoms with Gasteiger partial charge in [-0.1, -0.05) is 0 Å². The molecule has 4 nitrogen and oxygen atoms in total. The first kappa shape index (κ1) is 10.2. The van der Waals surface area contributed by atoms with E-state index in [1.54, 1.807) is 6.20 Å². The highest BCUT2D eigenvalue weighted by Crippen LogP contribution is 2.04. The van der Waals surface area contributed by atoms with Gasteiger partial charge < -0.3 is 0 Å². The van der Waals surface area contributed by atoms with E-state index in [0.29, 0.717) is 6.54 Å². The number of hydrogen-bond donors (Lipinski definition) is 1. The van der Waals surface area contributed by atoms with Gasteiger partial charge in [0.05, 0.1) is 17.8 Å². The molecular weight excluding hydrogens is 166 g/mol. The standard InChI is InChI=1S/C9H17N3O/c1-9(2,3)13-11-7-8-5-6-10-12(8)4/h5-6,11H,7H2,1-4H3. The molecule has 1 rings (SSSR count). The lowest BCUT2D eigenvalue weighted by Crippen LogP contribution is -2.29. The third-order valence-electron chi connectivity index (χ3n) is 1.55. The van der Waals surface area contributed by atoms with Gasteiger partial charge in [-0.25, -0.2) is 0 Å². The second kappa shape index (κ2) is 3.89. The minimum atomic E-state index is -0.154. The Labute approximate surface area is 78.8 Å². The first-order valence-electron chi connectivity index (χ1n) is 4.37. The van der Waals surface area contributed by atoms with Crippen LogP contribution >= 0.6 is 0 Å². The van der Waals surface area contributed by atoms with Gasteiger partial charge in [-0.3, -0.25) is 9.52 Å². The molecule has 1 aromatic rings. The van der Waals surface area contributed by atoms with Gasteiger partial charge in [-0.05, 0) is 26.8 Å². The van der Waals surface area contributed by atoms with Crippen molar-refractivity contribution in [3.05, 3.63) is 18.0 Å². The molecule has 0 aliphatic carbocycles. The Hall–Kier alpha value is -0.870. The fourth-order valence-electron chi connectivity index (χ4n) is 0.901. The summed E-state index contributed by atoms with van der Waals surface area (Å²) in [6.07, 6.45) is 1.77. The van der Waals surface area contributed by atoms with Gasteiger partial charge in [-0.2, -0.15) is 10.6 Å². The minimum absolute atomic E-state index is 0.154. The molecule has 0 aliphatic rings. The first-order valence-corrected chi connectivity index (χ1v) is 4.37. The molecule has 0 bridgehead atoms. The number of hydroxylamine groups is 1. The maximum Gasteiger partial charge on any atom is 0.0813 e. The Bertz CT molecular complexity index is 262. The largest absolute Gasteiger partial charge is 0.296 e. The molecule has 1 heterocycles. The van der Waals surface area contributed by atoms with Crippen molar-refractivity contribution in [3.8, 4) is 0 Å². The van der Waals surface area contributed by atoms with E-state index in [9.17, 15) is 0 Å². The monoisotopic (exact) mass is 183 g/mol. The molecule has 1 N–H and O–H groups in total. The van der Waals surface area contributed by atoms with Crippen LogP contribution in [-0.2, 0) is 18.4 Å². The summed E-state index contributed by atoms with van der Waals surface area (Å²) in [4.78, 5) is 5.37. The topological polar surface area (TPSA) is 39.1 Å². The molecule has 0 fully saturated rings. The highest BCUT2D eigenvalue weighted by Gasteiger charge is 2.10. The van der Waals surface area contributed by atoms with Gasteiger partial charge in [0.15, 0.2) is 0 Å². The summed E-state index contributed by atoms with van der Waals surface area (Å²) >= 11 is 0. The van der Waals surface area contributed by atoms with Crippen LogP contribution in [0.25, 0.3) is 0 Å². The maximum absolute atomic E-state index is 5.37. The fourth-order valence-corrected chi connectivity index (χ4v) is 0.901. The molecule has 0 saturated carbocycles. The van der Waals surface area contributed by atoms with E-state index in [1.165, 1.54) is 0 Å². The molecule has 0 unspecified atom stereocenters. The lowest BCUT2D eigenvalue weighted by Gasteiger charge is -2.19. The molecule has 0 radical (unpaired) electrons. The van der Waals surface area contributed by atoms with E-state index in [4.69, 9.17) is 4.84 Å². The zero-order valence-electron chi connectivity index (χ0n) is 8.66. The molecule has 0 aromatic carbocycles. The average Bonchev–Trinajstić information content (AvgIpc) is 2.34. The number of aryl methyl sites for hydroxylation is 1. The van der Waals surface area contributed by atoms with Crippen LogP contribution < -0.4 is 5.48 Å². The van der Waals surface area contributed by atoms with Crippen molar-refractivity contribution in [1.82, 2.24) is 15.3 Å². The lowest BCUT2D eigenvalue weighted by molar-refractivity contribution is -0.0764. The van der Waals surface area contributed by atoms with Gasteiger partial charge >= 0.3 is 0 Å². The van der Waals surface area contributed by atoms with Crippen molar-refractivity contribution < 1.29 is 4.84 Å². The zero-order chi connectivity index (χ0) is 9.90. The van der Waals surface area contributed by atoms with Crippen LogP contribution in [0.1, 0.15) is 26.5 Å². The minimum Gasteiger partial charge on any atom is -0.296 e. The van der Waals surface area contributed by atoms with Crippen LogP contribution in [-0.4, -0.2) is 15.4 Å². The van der Waals surface area contributed by atoms with Crippen LogP contribution in [0.4, 0.5) is 0 Å². The van der Waals surface area contributed by atoms with Gasteiger partial charge in [0.2, 0.25) is 0 Å². The van der Waals surface area contributed by atoms with Crippen molar-refractivity contribution in [2.24, 2.45) is 7.05 Å². The summed E-state index contributed by atoms with van der Waals surface area (Å²) in [6, 6.07) is 1.96. The number of nitrogens with one attached hydrogen (secondary N) is 1. The molecule has 0 spiro atoms. The van der Waals surface area contributed by atoms with Crippen molar-refractivity contribution >= 4 is 0 Å². The molecular formula is C9H17N3O. The molecule has 0 saturated heterocycles. The Balaban J connectivity index is 2.32. The van der Waals surface area contributed by atoms with E-state index in [2.05, 4.69) is 10.6 Å². The van der Waals surface area contributed by atoms with Crippen molar-refractivity contribution in [3.63, 3.8) is 0 Å². The van der Waals surface area contributed by atoms with E-state index in [0.717, 1.165) is 5.69 Å². The van der Waals surface area contributed by atoms with Crippen LogP contribution in [0.5, 0.6) is 0 Å². The van der Waals surface area contributed by atoms with E-state index >= 15 is 0 Å². The summed E-state index contributed by atoms with van der Waals surface area (Å²) in [5.41, 5.74) is 3.85. The van der Waals surface area contributed by atoms with Crippen LogP contribution in [0.3, 0.4) is 0 Å². The van der Waals surface area contributed by atoms with Crippen LogP contribution in [0, 0.1) is 0 Å². The Morgan fingerprint density at radius 3 is 2.69 bits per heavy atom. The smallest absolute Gasteiger partial charge is 0.0813 e. The van der Waals surface area contributed by atoms with Crippen molar-refractivity contribution in [1.29, 1.82) is 0 Å². The number of rotatable bonds is 3. The Kier molecular flexibility index (Phi) is 3.06. The molecule has 0 atom stereocenters. The predicted molar refractivity (Wildman–Crippen MR) is 50.9 cm³/mol. The normalized spacial score (nSPS) is 12.0. The number of aromatic nitrogens is 2. The predicted octanol–water partition coefficient (Wildman–Crippen LogP) is 1.24. The second-order valence-electron chi connectivity index (χ2n) is 3.98. The number of nitrogens with zero attached hydrogens (tertiary/aromatic N) is 2. The van der Waals surface area contributed by atoms with E-state index in [1.807, 2.05) is 38.6 Å². The summed E-state index contributed by atoms with van der Waals surface area (Å²) in [6.45, 7) is 6.68. The maximum atomic E-state index is 5.37. The Morgan fingerprint density at radius 2 is 2.23 bits per heavy atom. The fraction of sp³-hybridized carbons (Fsp3) is 0.667. The average molecular weight is 183 g/mol. The molecule has 4 heteroatoms. The van der Waals surface area contributed by atoms with Gasteiger partial charge in [0.1, 0.15) is 0 Å². The van der Waals surface area contributed by atoms with E-state index < -0.39 is 0 Å². The third-order valence-corrected chi connectivity index (χ3v) is 1.55. The van der Waals surface area contributed by atoms with Crippen molar-refractivity contribution in [2.75, 3.05) is 0 Å². The van der Waals surface area contributed by atoms with Crippen LogP contribution in [0.15, 0.2) is 12.3 Å². The third kappa shape index (κ3) is 3.57. The molecule has 0 amide bonds. The first-order chi connectivity index (χ1) is 5.99. The quantitative estimate of drug-likeness (QED) is 0.717. The Morgan fingerprint density at radius 1 is 1.54 bits per heavy atom. The highest BCUT2D eigenvalue weighted by molar-refractivity contribution is 4.98. The summed E-state index contributed by atoms with van der Waals surface area (Å²) in [5.74, 6) is 0. The number of hydrogen-bond acceptors (Lipinski definition) is 3. The zero-order valence-corrected chi connectivity index (χ0v) is 8.66. The summed E-state index contributed by atoms with van der Waals surface area (Å²) in [7, 11) is 1.91. The summed E-state index contributed by atoms with van der Waals surface area (Å²) < 4.78 is 1.82. The highest BCUT2D eigenvalue weighted by atomic mass is 16.7. The van der Waals surface area contributed by atoms with Gasteiger partial charge in [-0.15, -0.1) is 0 Å². The summed E-state index contributed by atoms with van der Waals surface area (Å²) in [5, 5.41) is 4.05. The molecule has 74 valence electrons. The van der Waals surface area contributed by atoms with Crippen LogP contribution in [0.2, 0.25) is 0 Å². The van der Waals surface area contributed by atoms with Crippen molar-refractivity contribution in [2.45, 2.75) is 32.9 Å². The molecule has 1 aromatic heterocycles. The lowest BCUT2D eigenvalue weighted by atomic mass is 10.2. The van der Waals surface area contributed by atoms with Gasteiger partial charge in [0.25, 0.3) is 0 Å². The SMILES string of the molecule is Cn1nccc1CNOC(C)(C)C. The van der Waals surface area contributed by atoms with E-state index in [-0.39, 0.29) is 5.60 Å². The molecule has 13 heavy (non-hydrogen) atoms.